The quantitative estimate of drug-likeness (QED) is 0.798. The normalized spacial score (nSPS) is 11.1. The van der Waals surface area contributed by atoms with Crippen LogP contribution in [0.15, 0.2) is 24.3 Å². The van der Waals surface area contributed by atoms with Gasteiger partial charge >= 0.3 is 11.8 Å². The van der Waals surface area contributed by atoms with E-state index in [1.165, 1.54) is 31.3 Å². The van der Waals surface area contributed by atoms with Gasteiger partial charge in [0, 0.05) is 20.1 Å². The molecule has 0 bridgehead atoms. The van der Waals surface area contributed by atoms with Crippen LogP contribution in [0.2, 0.25) is 0 Å². The van der Waals surface area contributed by atoms with Crippen LogP contribution in [0.3, 0.4) is 0 Å². The van der Waals surface area contributed by atoms with E-state index in [-0.39, 0.29) is 18.9 Å². The minimum absolute atomic E-state index is 0.0514. The van der Waals surface area contributed by atoms with Gasteiger partial charge in [-0.15, -0.1) is 0 Å². The van der Waals surface area contributed by atoms with Crippen LogP contribution in [0.1, 0.15) is 19.4 Å². The van der Waals surface area contributed by atoms with E-state index in [2.05, 4.69) is 5.32 Å². The molecular weight excluding hydrogens is 263 g/mol. The van der Waals surface area contributed by atoms with Crippen LogP contribution in [0, 0.1) is 5.82 Å². The second-order valence-electron chi connectivity index (χ2n) is 5.28. The molecule has 0 saturated carbocycles. The highest BCUT2D eigenvalue weighted by Gasteiger charge is 2.23. The Labute approximate surface area is 117 Å². The summed E-state index contributed by atoms with van der Waals surface area (Å²) in [7, 11) is 1.44. The number of rotatable bonds is 4. The van der Waals surface area contributed by atoms with E-state index in [1.807, 2.05) is 0 Å². The third-order valence-corrected chi connectivity index (χ3v) is 2.53. The van der Waals surface area contributed by atoms with Crippen LogP contribution in [0.4, 0.5) is 4.39 Å². The summed E-state index contributed by atoms with van der Waals surface area (Å²) in [6.07, 6.45) is 0. The van der Waals surface area contributed by atoms with E-state index >= 15 is 0 Å². The average Bonchev–Trinajstić information content (AvgIpc) is 2.34. The lowest BCUT2D eigenvalue weighted by Crippen LogP contribution is -2.46. The topological polar surface area (TPSA) is 69.6 Å². The van der Waals surface area contributed by atoms with Gasteiger partial charge in [0.15, 0.2) is 0 Å². The van der Waals surface area contributed by atoms with Crippen LogP contribution in [-0.2, 0) is 16.1 Å². The minimum Gasteiger partial charge on any atom is -0.389 e. The number of nitrogens with one attached hydrogen (secondary N) is 1. The Bertz CT molecular complexity index is 480. The number of hydrogen-bond donors (Lipinski definition) is 2. The largest absolute Gasteiger partial charge is 0.389 e. The van der Waals surface area contributed by atoms with Crippen LogP contribution in [0.25, 0.3) is 0 Å². The summed E-state index contributed by atoms with van der Waals surface area (Å²) in [5, 5.41) is 12.0. The SMILES string of the molecule is CN(CC(C)(C)O)C(=O)C(=O)NCc1ccc(F)cc1. The predicted molar refractivity (Wildman–Crippen MR) is 72.2 cm³/mol. The first-order valence-electron chi connectivity index (χ1n) is 6.19. The maximum absolute atomic E-state index is 12.7. The molecule has 1 aromatic rings. The first kappa shape index (κ1) is 16.1. The molecule has 5 nitrogen and oxygen atoms in total. The molecule has 0 aliphatic carbocycles. The third-order valence-electron chi connectivity index (χ3n) is 2.53. The van der Waals surface area contributed by atoms with Gasteiger partial charge in [-0.3, -0.25) is 9.59 Å². The number of aliphatic hydroxyl groups is 1. The Morgan fingerprint density at radius 1 is 1.30 bits per heavy atom. The van der Waals surface area contributed by atoms with Crippen molar-refractivity contribution in [2.75, 3.05) is 13.6 Å². The summed E-state index contributed by atoms with van der Waals surface area (Å²) in [5.74, 6) is -1.85. The molecule has 110 valence electrons. The van der Waals surface area contributed by atoms with Crippen molar-refractivity contribution in [2.24, 2.45) is 0 Å². The zero-order valence-electron chi connectivity index (χ0n) is 11.8. The summed E-state index contributed by atoms with van der Waals surface area (Å²) in [4.78, 5) is 24.5. The lowest BCUT2D eigenvalue weighted by molar-refractivity contribution is -0.146. The summed E-state index contributed by atoms with van der Waals surface area (Å²) in [6.45, 7) is 3.29. The number of carbonyl (C=O) groups is 2. The number of carbonyl (C=O) groups excluding carboxylic acids is 2. The van der Waals surface area contributed by atoms with Crippen molar-refractivity contribution in [3.63, 3.8) is 0 Å². The second kappa shape index (κ2) is 6.47. The maximum Gasteiger partial charge on any atom is 0.311 e. The highest BCUT2D eigenvalue weighted by Crippen LogP contribution is 2.04. The Morgan fingerprint density at radius 3 is 2.35 bits per heavy atom. The number of nitrogens with zero attached hydrogens (tertiary/aromatic N) is 1. The van der Waals surface area contributed by atoms with Crippen molar-refractivity contribution in [1.29, 1.82) is 0 Å². The Hall–Kier alpha value is -1.95. The van der Waals surface area contributed by atoms with Gasteiger partial charge in [-0.2, -0.15) is 0 Å². The van der Waals surface area contributed by atoms with Gasteiger partial charge < -0.3 is 15.3 Å². The highest BCUT2D eigenvalue weighted by molar-refractivity contribution is 6.34. The molecule has 6 heteroatoms. The standard InChI is InChI=1S/C14H19FN2O3/c1-14(2,20)9-17(3)13(19)12(18)16-8-10-4-6-11(15)7-5-10/h4-7,20H,8-9H2,1-3H3,(H,16,18). The van der Waals surface area contributed by atoms with Crippen molar-refractivity contribution in [2.45, 2.75) is 26.0 Å². The van der Waals surface area contributed by atoms with Gasteiger partial charge in [0.1, 0.15) is 5.82 Å². The molecule has 2 N–H and O–H groups in total. The number of benzene rings is 1. The zero-order valence-corrected chi connectivity index (χ0v) is 11.8. The number of hydrogen-bond acceptors (Lipinski definition) is 3. The lowest BCUT2D eigenvalue weighted by atomic mass is 10.1. The van der Waals surface area contributed by atoms with E-state index in [0.29, 0.717) is 5.56 Å². The molecule has 0 heterocycles. The average molecular weight is 282 g/mol. The van der Waals surface area contributed by atoms with Crippen molar-refractivity contribution >= 4 is 11.8 Å². The first-order valence-corrected chi connectivity index (χ1v) is 6.19. The molecule has 0 fully saturated rings. The van der Waals surface area contributed by atoms with Gasteiger partial charge in [-0.25, -0.2) is 4.39 Å². The van der Waals surface area contributed by atoms with Gasteiger partial charge in [0.05, 0.1) is 5.60 Å². The van der Waals surface area contributed by atoms with Gasteiger partial charge in [-0.1, -0.05) is 12.1 Å². The Kier molecular flexibility index (Phi) is 5.21. The summed E-state index contributed by atoms with van der Waals surface area (Å²) >= 11 is 0. The van der Waals surface area contributed by atoms with Crippen molar-refractivity contribution in [3.8, 4) is 0 Å². The summed E-state index contributed by atoms with van der Waals surface area (Å²) in [5.41, 5.74) is -0.376. The molecular formula is C14H19FN2O3. The van der Waals surface area contributed by atoms with Crippen LogP contribution in [0.5, 0.6) is 0 Å². The van der Waals surface area contributed by atoms with E-state index in [9.17, 15) is 19.1 Å². The van der Waals surface area contributed by atoms with E-state index in [0.717, 1.165) is 4.90 Å². The fourth-order valence-corrected chi connectivity index (χ4v) is 1.69. The molecule has 0 aromatic heterocycles. The highest BCUT2D eigenvalue weighted by atomic mass is 19.1. The van der Waals surface area contributed by atoms with Crippen molar-refractivity contribution < 1.29 is 19.1 Å². The predicted octanol–water partition coefficient (Wildman–Crippen LogP) is 0.671. The van der Waals surface area contributed by atoms with Gasteiger partial charge in [0.25, 0.3) is 0 Å². The third kappa shape index (κ3) is 5.36. The molecule has 20 heavy (non-hydrogen) atoms. The molecule has 0 aliphatic rings. The second-order valence-corrected chi connectivity index (χ2v) is 5.28. The van der Waals surface area contributed by atoms with Crippen LogP contribution >= 0.6 is 0 Å². The van der Waals surface area contributed by atoms with Crippen molar-refractivity contribution in [3.05, 3.63) is 35.6 Å². The molecule has 1 aromatic carbocycles. The number of amides is 2. The van der Waals surface area contributed by atoms with Gasteiger partial charge in [0.2, 0.25) is 0 Å². The monoisotopic (exact) mass is 282 g/mol. The van der Waals surface area contributed by atoms with E-state index < -0.39 is 17.4 Å². The Balaban J connectivity index is 2.50. The van der Waals surface area contributed by atoms with Gasteiger partial charge in [-0.05, 0) is 31.5 Å². The van der Waals surface area contributed by atoms with E-state index in [1.54, 1.807) is 13.8 Å². The van der Waals surface area contributed by atoms with E-state index in [4.69, 9.17) is 0 Å². The summed E-state index contributed by atoms with van der Waals surface area (Å²) in [6, 6.07) is 5.62. The Morgan fingerprint density at radius 2 is 1.85 bits per heavy atom. The molecule has 0 unspecified atom stereocenters. The molecule has 1 rings (SSSR count). The first-order chi connectivity index (χ1) is 9.19. The van der Waals surface area contributed by atoms with Crippen LogP contribution in [-0.4, -0.2) is 41.0 Å². The maximum atomic E-state index is 12.7. The minimum atomic E-state index is -1.07. The smallest absolute Gasteiger partial charge is 0.311 e. The molecule has 0 aliphatic heterocycles. The lowest BCUT2D eigenvalue weighted by Gasteiger charge is -2.25. The molecule has 0 atom stereocenters. The summed E-state index contributed by atoms with van der Waals surface area (Å²) < 4.78 is 12.7. The van der Waals surface area contributed by atoms with Crippen LogP contribution < -0.4 is 5.32 Å². The molecule has 0 spiro atoms. The van der Waals surface area contributed by atoms with Crippen molar-refractivity contribution in [1.82, 2.24) is 10.2 Å². The molecule has 2 amide bonds. The molecule has 0 saturated heterocycles. The zero-order chi connectivity index (χ0) is 15.3. The molecule has 0 radical (unpaired) electrons. The fraction of sp³-hybridized carbons (Fsp3) is 0.429. The number of likely N-dealkylation sites (N-methyl/N-ethyl adjacent to an activating group) is 1. The fourth-order valence-electron chi connectivity index (χ4n) is 1.69. The number of halogens is 1.